The van der Waals surface area contributed by atoms with Crippen LogP contribution in [0.3, 0.4) is 0 Å². The number of nitrogens with zero attached hydrogens (tertiary/aromatic N) is 2. The van der Waals surface area contributed by atoms with E-state index in [1.54, 1.807) is 0 Å². The van der Waals surface area contributed by atoms with Crippen LogP contribution in [0.2, 0.25) is 0 Å². The fraction of sp³-hybridized carbons (Fsp3) is 0.450. The molecule has 0 aliphatic heterocycles. The van der Waals surface area contributed by atoms with Gasteiger partial charge >= 0.3 is 0 Å². The molecule has 2 N–H and O–H groups in total. The van der Waals surface area contributed by atoms with Crippen LogP contribution in [-0.2, 0) is 20.1 Å². The highest BCUT2D eigenvalue weighted by Gasteiger charge is 2.07. The van der Waals surface area contributed by atoms with Crippen molar-refractivity contribution in [1.29, 1.82) is 0 Å². The van der Waals surface area contributed by atoms with Gasteiger partial charge in [0.15, 0.2) is 5.96 Å². The van der Waals surface area contributed by atoms with Crippen LogP contribution < -0.4 is 15.4 Å². The third kappa shape index (κ3) is 6.18. The summed E-state index contributed by atoms with van der Waals surface area (Å²) in [6.07, 6.45) is 4.27. The van der Waals surface area contributed by atoms with Crippen molar-refractivity contribution in [3.05, 3.63) is 53.3 Å². The van der Waals surface area contributed by atoms with Crippen LogP contribution in [0.1, 0.15) is 37.5 Å². The molecule has 0 amide bonds. The van der Waals surface area contributed by atoms with Crippen LogP contribution in [0.15, 0.2) is 41.7 Å². The lowest BCUT2D eigenvalue weighted by Gasteiger charge is -2.17. The van der Waals surface area contributed by atoms with Crippen LogP contribution in [-0.4, -0.2) is 23.2 Å². The molecule has 0 atom stereocenters. The van der Waals surface area contributed by atoms with Gasteiger partial charge in [-0.05, 0) is 51.0 Å². The number of benzene rings is 1. The lowest BCUT2D eigenvalue weighted by atomic mass is 10.1. The molecule has 2 aromatic rings. The lowest BCUT2D eigenvalue weighted by Crippen LogP contribution is -2.36. The summed E-state index contributed by atoms with van der Waals surface area (Å²) in [4.78, 5) is 4.66. The molecule has 0 saturated carbocycles. The molecule has 1 aromatic carbocycles. The van der Waals surface area contributed by atoms with E-state index in [0.29, 0.717) is 13.1 Å². The number of hydrogen-bond acceptors (Lipinski definition) is 2. The first-order valence-corrected chi connectivity index (χ1v) is 8.87. The van der Waals surface area contributed by atoms with Crippen LogP contribution in [0.4, 0.5) is 0 Å². The number of hydrogen-bond donors (Lipinski definition) is 2. The molecule has 0 bridgehead atoms. The SMILES string of the molecule is CCNC(=NCc1ccn(C)c1)NCc1ccc(C)cc1OC(C)C. The number of aliphatic imine (C=N–C) groups is 1. The summed E-state index contributed by atoms with van der Waals surface area (Å²) in [5.41, 5.74) is 3.52. The maximum atomic E-state index is 5.95. The van der Waals surface area contributed by atoms with Crippen LogP contribution in [0.5, 0.6) is 5.75 Å². The summed E-state index contributed by atoms with van der Waals surface area (Å²) in [5.74, 6) is 1.74. The number of aryl methyl sites for hydroxylation is 2. The van der Waals surface area contributed by atoms with Gasteiger partial charge in [-0.25, -0.2) is 4.99 Å². The van der Waals surface area contributed by atoms with Crippen molar-refractivity contribution in [1.82, 2.24) is 15.2 Å². The van der Waals surface area contributed by atoms with E-state index in [1.165, 1.54) is 11.1 Å². The Kier molecular flexibility index (Phi) is 6.92. The highest BCUT2D eigenvalue weighted by atomic mass is 16.5. The summed E-state index contributed by atoms with van der Waals surface area (Å²) in [6.45, 7) is 10.4. The van der Waals surface area contributed by atoms with Crippen LogP contribution >= 0.6 is 0 Å². The predicted molar refractivity (Wildman–Crippen MR) is 104 cm³/mol. The zero-order chi connectivity index (χ0) is 18.2. The topological polar surface area (TPSA) is 50.6 Å². The molecular weight excluding hydrogens is 312 g/mol. The monoisotopic (exact) mass is 342 g/mol. The molecule has 0 radical (unpaired) electrons. The lowest BCUT2D eigenvalue weighted by molar-refractivity contribution is 0.239. The molecule has 0 aliphatic rings. The van der Waals surface area contributed by atoms with Crippen molar-refractivity contribution in [2.75, 3.05) is 6.54 Å². The van der Waals surface area contributed by atoms with E-state index in [1.807, 2.05) is 31.7 Å². The molecule has 0 aliphatic carbocycles. The Morgan fingerprint density at radius 2 is 2.04 bits per heavy atom. The average molecular weight is 342 g/mol. The predicted octanol–water partition coefficient (Wildman–Crippen LogP) is 3.38. The van der Waals surface area contributed by atoms with E-state index in [4.69, 9.17) is 4.74 Å². The molecule has 1 heterocycles. The minimum Gasteiger partial charge on any atom is -0.491 e. The highest BCUT2D eigenvalue weighted by molar-refractivity contribution is 5.79. The zero-order valence-corrected chi connectivity index (χ0v) is 16.0. The normalized spacial score (nSPS) is 11.7. The van der Waals surface area contributed by atoms with Crippen molar-refractivity contribution in [3.63, 3.8) is 0 Å². The highest BCUT2D eigenvalue weighted by Crippen LogP contribution is 2.21. The Bertz CT molecular complexity index is 703. The van der Waals surface area contributed by atoms with Crippen molar-refractivity contribution in [2.24, 2.45) is 12.0 Å². The molecule has 136 valence electrons. The second kappa shape index (κ2) is 9.16. The van der Waals surface area contributed by atoms with Crippen molar-refractivity contribution in [2.45, 2.75) is 46.9 Å². The van der Waals surface area contributed by atoms with E-state index in [0.717, 1.165) is 23.8 Å². The molecule has 25 heavy (non-hydrogen) atoms. The second-order valence-electron chi connectivity index (χ2n) is 6.51. The van der Waals surface area contributed by atoms with E-state index in [2.05, 4.69) is 59.9 Å². The Hall–Kier alpha value is -2.43. The van der Waals surface area contributed by atoms with Gasteiger partial charge in [0.1, 0.15) is 5.75 Å². The minimum absolute atomic E-state index is 0.153. The standard InChI is InChI=1S/C20H30N4O/c1-6-21-20(22-12-17-9-10-24(5)14-17)23-13-18-8-7-16(4)11-19(18)25-15(2)3/h7-11,14-15H,6,12-13H2,1-5H3,(H2,21,22,23). The summed E-state index contributed by atoms with van der Waals surface area (Å²) in [5, 5.41) is 6.69. The van der Waals surface area contributed by atoms with Gasteiger partial charge in [-0.2, -0.15) is 0 Å². The zero-order valence-electron chi connectivity index (χ0n) is 16.0. The van der Waals surface area contributed by atoms with E-state index >= 15 is 0 Å². The van der Waals surface area contributed by atoms with Gasteiger partial charge in [-0.3, -0.25) is 0 Å². The maximum absolute atomic E-state index is 5.95. The molecule has 0 saturated heterocycles. The minimum atomic E-state index is 0.153. The smallest absolute Gasteiger partial charge is 0.191 e. The molecule has 2 rings (SSSR count). The van der Waals surface area contributed by atoms with Crippen molar-refractivity contribution in [3.8, 4) is 5.75 Å². The number of nitrogens with one attached hydrogen (secondary N) is 2. The van der Waals surface area contributed by atoms with Gasteiger partial charge in [0, 0.05) is 38.1 Å². The molecule has 5 heteroatoms. The van der Waals surface area contributed by atoms with Gasteiger partial charge in [0.25, 0.3) is 0 Å². The molecule has 0 spiro atoms. The van der Waals surface area contributed by atoms with Crippen molar-refractivity contribution >= 4 is 5.96 Å². The van der Waals surface area contributed by atoms with E-state index in [-0.39, 0.29) is 6.10 Å². The fourth-order valence-corrected chi connectivity index (χ4v) is 2.52. The fourth-order valence-electron chi connectivity index (χ4n) is 2.52. The van der Waals surface area contributed by atoms with Gasteiger partial charge in [0.2, 0.25) is 0 Å². The Labute approximate surface area is 151 Å². The first-order chi connectivity index (χ1) is 12.0. The van der Waals surface area contributed by atoms with Gasteiger partial charge in [0.05, 0.1) is 12.6 Å². The van der Waals surface area contributed by atoms with Crippen molar-refractivity contribution < 1.29 is 4.74 Å². The Morgan fingerprint density at radius 3 is 2.68 bits per heavy atom. The summed E-state index contributed by atoms with van der Waals surface area (Å²) >= 11 is 0. The summed E-state index contributed by atoms with van der Waals surface area (Å²) in [6, 6.07) is 8.39. The Balaban J connectivity index is 2.05. The number of guanidine groups is 1. The number of rotatable bonds is 7. The van der Waals surface area contributed by atoms with Gasteiger partial charge in [-0.1, -0.05) is 12.1 Å². The summed E-state index contributed by atoms with van der Waals surface area (Å²) in [7, 11) is 2.02. The van der Waals surface area contributed by atoms with E-state index in [9.17, 15) is 0 Å². The van der Waals surface area contributed by atoms with Crippen LogP contribution in [0.25, 0.3) is 0 Å². The van der Waals surface area contributed by atoms with Gasteiger partial charge in [-0.15, -0.1) is 0 Å². The number of aromatic nitrogens is 1. The first kappa shape index (κ1) is 18.9. The number of ether oxygens (including phenoxy) is 1. The third-order valence-corrected chi connectivity index (χ3v) is 3.69. The van der Waals surface area contributed by atoms with E-state index < -0.39 is 0 Å². The maximum Gasteiger partial charge on any atom is 0.191 e. The molecule has 0 fully saturated rings. The largest absolute Gasteiger partial charge is 0.491 e. The quantitative estimate of drug-likeness (QED) is 0.599. The Morgan fingerprint density at radius 1 is 1.24 bits per heavy atom. The van der Waals surface area contributed by atoms with Gasteiger partial charge < -0.3 is 19.9 Å². The first-order valence-electron chi connectivity index (χ1n) is 8.87. The molecule has 0 unspecified atom stereocenters. The third-order valence-electron chi connectivity index (χ3n) is 3.69. The molecular formula is C20H30N4O. The second-order valence-corrected chi connectivity index (χ2v) is 6.51. The average Bonchev–Trinajstić information content (AvgIpc) is 2.96. The molecule has 1 aromatic heterocycles. The molecule has 5 nitrogen and oxygen atoms in total. The summed E-state index contributed by atoms with van der Waals surface area (Å²) < 4.78 is 7.98. The van der Waals surface area contributed by atoms with Crippen LogP contribution in [0, 0.1) is 6.92 Å².